The van der Waals surface area contributed by atoms with Crippen LogP contribution in [0.1, 0.15) is 12.1 Å². The highest BCUT2D eigenvalue weighted by atomic mass is 79.9. The van der Waals surface area contributed by atoms with Crippen molar-refractivity contribution in [2.75, 3.05) is 12.4 Å². The maximum atomic E-state index is 11.4. The zero-order valence-corrected chi connectivity index (χ0v) is 9.70. The van der Waals surface area contributed by atoms with E-state index in [1.165, 1.54) is 0 Å². The van der Waals surface area contributed by atoms with Crippen molar-refractivity contribution in [1.29, 1.82) is 0 Å². The lowest BCUT2D eigenvalue weighted by molar-refractivity contribution is -0.129. The molecule has 3 nitrogen and oxygen atoms in total. The first kappa shape index (κ1) is 11.2. The fourth-order valence-electron chi connectivity index (χ4n) is 1.09. The van der Waals surface area contributed by atoms with E-state index in [2.05, 4.69) is 20.9 Å². The summed E-state index contributed by atoms with van der Waals surface area (Å²) in [5.41, 5.74) is 0.915. The van der Waals surface area contributed by atoms with Gasteiger partial charge in [0.1, 0.15) is 0 Å². The predicted octanol–water partition coefficient (Wildman–Crippen LogP) is 1.82. The van der Waals surface area contributed by atoms with E-state index in [4.69, 9.17) is 0 Å². The molecule has 0 bridgehead atoms. The number of halogens is 1. The molecule has 0 fully saturated rings. The molecule has 0 saturated carbocycles. The molecule has 0 atom stereocenters. The van der Waals surface area contributed by atoms with Crippen LogP contribution >= 0.6 is 15.9 Å². The molecule has 1 aromatic heterocycles. The molecule has 1 rings (SSSR count). The van der Waals surface area contributed by atoms with Gasteiger partial charge in [-0.3, -0.25) is 9.78 Å². The predicted molar refractivity (Wildman–Crippen MR) is 59.1 cm³/mol. The fourth-order valence-corrected chi connectivity index (χ4v) is 1.43. The molecule has 0 radical (unpaired) electrons. The van der Waals surface area contributed by atoms with Crippen LogP contribution in [0.25, 0.3) is 0 Å². The Morgan fingerprint density at radius 1 is 1.57 bits per heavy atom. The van der Waals surface area contributed by atoms with Crippen molar-refractivity contribution in [2.24, 2.45) is 0 Å². The summed E-state index contributed by atoms with van der Waals surface area (Å²) in [6.45, 7) is 0.576. The molecule has 0 saturated heterocycles. The first-order valence-corrected chi connectivity index (χ1v) is 5.56. The quantitative estimate of drug-likeness (QED) is 0.771. The second-order valence-corrected chi connectivity index (χ2v) is 3.80. The number of nitrogens with zero attached hydrogens (tertiary/aromatic N) is 2. The minimum Gasteiger partial charge on any atom is -0.340 e. The van der Waals surface area contributed by atoms with Crippen molar-refractivity contribution in [1.82, 2.24) is 9.88 Å². The number of rotatable bonds is 4. The van der Waals surface area contributed by atoms with Gasteiger partial charge >= 0.3 is 0 Å². The molecule has 0 spiro atoms. The van der Waals surface area contributed by atoms with Gasteiger partial charge in [-0.1, -0.05) is 22.0 Å². The highest BCUT2D eigenvalue weighted by Gasteiger charge is 2.07. The maximum absolute atomic E-state index is 11.4. The van der Waals surface area contributed by atoms with Crippen molar-refractivity contribution in [3.8, 4) is 0 Å². The number of hydrogen-bond donors (Lipinski definition) is 0. The smallest absolute Gasteiger partial charge is 0.223 e. The van der Waals surface area contributed by atoms with Crippen LogP contribution in [-0.4, -0.2) is 28.2 Å². The molecular formula is C10H13BrN2O. The van der Waals surface area contributed by atoms with E-state index in [0.29, 0.717) is 18.3 Å². The zero-order valence-electron chi connectivity index (χ0n) is 8.11. The Kier molecular flexibility index (Phi) is 4.59. The molecule has 76 valence electrons. The molecule has 0 unspecified atom stereocenters. The molecule has 0 aliphatic carbocycles. The van der Waals surface area contributed by atoms with Gasteiger partial charge in [0.2, 0.25) is 5.91 Å². The van der Waals surface area contributed by atoms with Gasteiger partial charge in [0.25, 0.3) is 0 Å². The van der Waals surface area contributed by atoms with Crippen LogP contribution in [0, 0.1) is 0 Å². The van der Waals surface area contributed by atoms with Gasteiger partial charge in [-0.2, -0.15) is 0 Å². The second-order valence-electron chi connectivity index (χ2n) is 3.01. The molecule has 0 aliphatic heterocycles. The Balaban J connectivity index is 2.49. The number of carbonyl (C=O) groups is 1. The van der Waals surface area contributed by atoms with Gasteiger partial charge < -0.3 is 4.90 Å². The van der Waals surface area contributed by atoms with Gasteiger partial charge in [0.15, 0.2) is 0 Å². The summed E-state index contributed by atoms with van der Waals surface area (Å²) >= 11 is 3.24. The number of alkyl halides is 1. The molecule has 0 aliphatic rings. The van der Waals surface area contributed by atoms with E-state index < -0.39 is 0 Å². The van der Waals surface area contributed by atoms with Crippen molar-refractivity contribution in [2.45, 2.75) is 13.0 Å². The van der Waals surface area contributed by atoms with Crippen molar-refractivity contribution in [3.05, 3.63) is 30.1 Å². The largest absolute Gasteiger partial charge is 0.340 e. The first-order chi connectivity index (χ1) is 6.74. The van der Waals surface area contributed by atoms with E-state index in [-0.39, 0.29) is 5.91 Å². The second kappa shape index (κ2) is 5.75. The zero-order chi connectivity index (χ0) is 10.4. The molecule has 4 heteroatoms. The minimum atomic E-state index is 0.132. The van der Waals surface area contributed by atoms with Crippen molar-refractivity contribution >= 4 is 21.8 Å². The van der Waals surface area contributed by atoms with E-state index in [0.717, 1.165) is 5.69 Å². The monoisotopic (exact) mass is 256 g/mol. The summed E-state index contributed by atoms with van der Waals surface area (Å²) in [6.07, 6.45) is 2.27. The minimum absolute atomic E-state index is 0.132. The lowest BCUT2D eigenvalue weighted by Crippen LogP contribution is -2.26. The Morgan fingerprint density at radius 3 is 2.93 bits per heavy atom. The Bertz CT molecular complexity index is 289. The number of aromatic nitrogens is 1. The maximum Gasteiger partial charge on any atom is 0.223 e. The highest BCUT2D eigenvalue weighted by molar-refractivity contribution is 9.09. The van der Waals surface area contributed by atoms with E-state index >= 15 is 0 Å². The number of pyridine rings is 1. The van der Waals surface area contributed by atoms with Gasteiger partial charge in [0.05, 0.1) is 12.2 Å². The normalized spacial score (nSPS) is 9.86. The van der Waals surface area contributed by atoms with E-state index in [9.17, 15) is 4.79 Å². The topological polar surface area (TPSA) is 33.2 Å². The summed E-state index contributed by atoms with van der Waals surface area (Å²) in [7, 11) is 1.79. The van der Waals surface area contributed by atoms with Crippen LogP contribution in [-0.2, 0) is 11.3 Å². The average molecular weight is 257 g/mol. The molecule has 1 heterocycles. The lowest BCUT2D eigenvalue weighted by Gasteiger charge is -2.15. The Morgan fingerprint density at radius 2 is 2.36 bits per heavy atom. The standard InChI is InChI=1S/C10H13BrN2O/c1-13(10(14)5-6-11)8-9-4-2-3-7-12-9/h2-4,7H,5-6,8H2,1H3. The van der Waals surface area contributed by atoms with Crippen LogP contribution in [0.2, 0.25) is 0 Å². The molecule has 1 aromatic rings. The summed E-state index contributed by atoms with van der Waals surface area (Å²) in [4.78, 5) is 17.3. The van der Waals surface area contributed by atoms with Gasteiger partial charge in [0, 0.05) is 25.0 Å². The number of hydrogen-bond acceptors (Lipinski definition) is 2. The van der Waals surface area contributed by atoms with E-state index in [1.807, 2.05) is 18.2 Å². The fraction of sp³-hybridized carbons (Fsp3) is 0.400. The van der Waals surface area contributed by atoms with Crippen molar-refractivity contribution < 1.29 is 4.79 Å². The molecule has 0 N–H and O–H groups in total. The molecule has 1 amide bonds. The third-order valence-corrected chi connectivity index (χ3v) is 2.26. The van der Waals surface area contributed by atoms with Gasteiger partial charge in [-0.25, -0.2) is 0 Å². The van der Waals surface area contributed by atoms with Crippen LogP contribution in [0.4, 0.5) is 0 Å². The SMILES string of the molecule is CN(Cc1ccccn1)C(=O)CCBr. The first-order valence-electron chi connectivity index (χ1n) is 4.44. The summed E-state index contributed by atoms with van der Waals surface area (Å²) < 4.78 is 0. The average Bonchev–Trinajstić information content (AvgIpc) is 2.19. The van der Waals surface area contributed by atoms with Crippen LogP contribution in [0.15, 0.2) is 24.4 Å². The third kappa shape index (κ3) is 3.46. The Hall–Kier alpha value is -0.900. The lowest BCUT2D eigenvalue weighted by atomic mass is 10.3. The number of carbonyl (C=O) groups excluding carboxylic acids is 1. The molecular weight excluding hydrogens is 244 g/mol. The van der Waals surface area contributed by atoms with E-state index in [1.54, 1.807) is 18.1 Å². The van der Waals surface area contributed by atoms with Crippen LogP contribution in [0.3, 0.4) is 0 Å². The van der Waals surface area contributed by atoms with Crippen LogP contribution < -0.4 is 0 Å². The van der Waals surface area contributed by atoms with Gasteiger partial charge in [-0.15, -0.1) is 0 Å². The van der Waals surface area contributed by atoms with Crippen LogP contribution in [0.5, 0.6) is 0 Å². The highest BCUT2D eigenvalue weighted by Crippen LogP contribution is 2.01. The summed E-state index contributed by atoms with van der Waals surface area (Å²) in [5, 5.41) is 0.707. The third-order valence-electron chi connectivity index (χ3n) is 1.86. The summed E-state index contributed by atoms with van der Waals surface area (Å²) in [6, 6.07) is 5.70. The Labute approximate surface area is 92.3 Å². The summed E-state index contributed by atoms with van der Waals surface area (Å²) in [5.74, 6) is 0.132. The van der Waals surface area contributed by atoms with Crippen molar-refractivity contribution in [3.63, 3.8) is 0 Å². The molecule has 14 heavy (non-hydrogen) atoms. The number of amides is 1. The van der Waals surface area contributed by atoms with Gasteiger partial charge in [-0.05, 0) is 12.1 Å². The molecule has 0 aromatic carbocycles.